The first-order chi connectivity index (χ1) is 16.5. The van der Waals surface area contributed by atoms with Crippen molar-refractivity contribution in [3.63, 3.8) is 0 Å². The first-order valence-electron chi connectivity index (χ1n) is 10.9. The van der Waals surface area contributed by atoms with E-state index in [9.17, 15) is 5.26 Å². The van der Waals surface area contributed by atoms with Gasteiger partial charge in [-0.15, -0.1) is 0 Å². The van der Waals surface area contributed by atoms with E-state index in [1.165, 1.54) is 0 Å². The molecule has 4 rings (SSSR count). The van der Waals surface area contributed by atoms with Crippen LogP contribution in [0.5, 0.6) is 11.5 Å². The van der Waals surface area contributed by atoms with E-state index in [1.54, 1.807) is 24.5 Å². The van der Waals surface area contributed by atoms with Crippen LogP contribution >= 0.6 is 11.6 Å². The van der Waals surface area contributed by atoms with Crippen LogP contribution in [0.2, 0.25) is 5.02 Å². The van der Waals surface area contributed by atoms with Crippen LogP contribution < -0.4 is 20.1 Å². The van der Waals surface area contributed by atoms with Crippen LogP contribution in [0.4, 0.5) is 17.1 Å². The predicted molar refractivity (Wildman–Crippen MR) is 135 cm³/mol. The topological polar surface area (TPSA) is 97.3 Å². The van der Waals surface area contributed by atoms with Crippen LogP contribution in [0, 0.1) is 11.3 Å². The lowest BCUT2D eigenvalue weighted by Gasteiger charge is -2.26. The Morgan fingerprint density at radius 2 is 1.91 bits per heavy atom. The zero-order chi connectivity index (χ0) is 24.1. The van der Waals surface area contributed by atoms with Gasteiger partial charge in [-0.25, -0.2) is 0 Å². The van der Waals surface area contributed by atoms with Gasteiger partial charge in [0.2, 0.25) is 0 Å². The second kappa shape index (κ2) is 10.3. The van der Waals surface area contributed by atoms with Crippen molar-refractivity contribution in [3.8, 4) is 17.6 Å². The Balaban J connectivity index is 1.73. The van der Waals surface area contributed by atoms with Gasteiger partial charge in [0, 0.05) is 36.1 Å². The molecule has 2 N–H and O–H groups in total. The Hall–Kier alpha value is -4.02. The molecule has 7 nitrogen and oxygen atoms in total. The minimum Gasteiger partial charge on any atom is -0.492 e. The molecular formula is C26H24ClN5O2. The molecule has 2 aromatic carbocycles. The van der Waals surface area contributed by atoms with Gasteiger partial charge in [0.25, 0.3) is 0 Å². The second-order valence-electron chi connectivity index (χ2n) is 7.44. The molecule has 34 heavy (non-hydrogen) atoms. The van der Waals surface area contributed by atoms with Crippen LogP contribution in [-0.4, -0.2) is 23.1 Å². The van der Waals surface area contributed by atoms with Crippen LogP contribution in [-0.2, 0) is 6.61 Å². The molecule has 0 spiro atoms. The number of fused-ring (bicyclic) bond motifs is 1. The van der Waals surface area contributed by atoms with Gasteiger partial charge in [-0.1, -0.05) is 17.7 Å². The summed E-state index contributed by atoms with van der Waals surface area (Å²) in [5.74, 6) is 1.12. The second-order valence-corrected chi connectivity index (χ2v) is 7.85. The molecule has 0 saturated heterocycles. The Morgan fingerprint density at radius 3 is 2.59 bits per heavy atom. The maximum atomic E-state index is 9.83. The van der Waals surface area contributed by atoms with Gasteiger partial charge in [-0.05, 0) is 50.2 Å². The first kappa shape index (κ1) is 23.1. The van der Waals surface area contributed by atoms with Crippen molar-refractivity contribution in [1.82, 2.24) is 9.97 Å². The Kier molecular flexibility index (Phi) is 7.00. The summed E-state index contributed by atoms with van der Waals surface area (Å²) in [4.78, 5) is 10.7. The number of nitrogen functional groups attached to an aromatic ring is 1. The molecule has 0 unspecified atom stereocenters. The van der Waals surface area contributed by atoms with Crippen LogP contribution in [0.25, 0.3) is 10.9 Å². The number of ether oxygens (including phenoxy) is 2. The van der Waals surface area contributed by atoms with Crippen molar-refractivity contribution in [2.45, 2.75) is 20.5 Å². The SMILES string of the molecule is CCOc1cc2ncc(C#N)c(N(CC)c3ccc(OCc4ccccn4)c(Cl)c3)c2cc1N. The highest BCUT2D eigenvalue weighted by Gasteiger charge is 2.19. The van der Waals surface area contributed by atoms with Crippen molar-refractivity contribution in [2.24, 2.45) is 0 Å². The molecular weight excluding hydrogens is 450 g/mol. The summed E-state index contributed by atoms with van der Waals surface area (Å²) < 4.78 is 11.5. The van der Waals surface area contributed by atoms with Crippen LogP contribution in [0.15, 0.2) is 60.9 Å². The van der Waals surface area contributed by atoms with E-state index >= 15 is 0 Å². The van der Waals surface area contributed by atoms with Crippen LogP contribution in [0.1, 0.15) is 25.1 Å². The molecule has 4 aromatic rings. The smallest absolute Gasteiger partial charge is 0.144 e. The molecule has 8 heteroatoms. The Morgan fingerprint density at radius 1 is 1.06 bits per heavy atom. The minimum absolute atomic E-state index is 0.312. The highest BCUT2D eigenvalue weighted by Crippen LogP contribution is 2.40. The summed E-state index contributed by atoms with van der Waals surface area (Å²) in [7, 11) is 0. The van der Waals surface area contributed by atoms with Gasteiger partial charge in [0.05, 0.1) is 39.8 Å². The molecule has 0 atom stereocenters. The monoisotopic (exact) mass is 473 g/mol. The molecule has 172 valence electrons. The third-order valence-electron chi connectivity index (χ3n) is 5.31. The lowest BCUT2D eigenvalue weighted by atomic mass is 10.1. The number of halogens is 1. The first-order valence-corrected chi connectivity index (χ1v) is 11.3. The summed E-state index contributed by atoms with van der Waals surface area (Å²) in [5, 5.41) is 11.0. The van der Waals surface area contributed by atoms with Gasteiger partial charge in [0.1, 0.15) is 24.2 Å². The van der Waals surface area contributed by atoms with Crippen molar-refractivity contribution in [2.75, 3.05) is 23.8 Å². The standard InChI is InChI=1S/C26H24ClN5O2/c1-3-32(19-8-9-24(21(27)11-19)34-16-18-7-5-6-10-30-18)26-17(14-28)15-31-23-13-25(33-4-2)22(29)12-20(23)26/h5-13,15H,3-4,16,29H2,1-2H3. The fourth-order valence-corrected chi connectivity index (χ4v) is 3.98. The van der Waals surface area contributed by atoms with Crippen molar-refractivity contribution >= 4 is 39.6 Å². The normalized spacial score (nSPS) is 10.6. The van der Waals surface area contributed by atoms with E-state index in [0.717, 1.165) is 16.8 Å². The number of aromatic nitrogens is 2. The quantitative estimate of drug-likeness (QED) is 0.319. The zero-order valence-corrected chi connectivity index (χ0v) is 19.7. The number of pyridine rings is 2. The van der Waals surface area contributed by atoms with E-state index in [4.69, 9.17) is 26.8 Å². The number of nitriles is 1. The highest BCUT2D eigenvalue weighted by atomic mass is 35.5. The third-order valence-corrected chi connectivity index (χ3v) is 5.60. The largest absolute Gasteiger partial charge is 0.492 e. The summed E-state index contributed by atoms with van der Waals surface area (Å²) in [6.07, 6.45) is 3.29. The molecule has 2 aromatic heterocycles. The van der Waals surface area contributed by atoms with Gasteiger partial charge in [-0.3, -0.25) is 9.97 Å². The average molecular weight is 474 g/mol. The highest BCUT2D eigenvalue weighted by molar-refractivity contribution is 6.32. The van der Waals surface area contributed by atoms with E-state index in [2.05, 4.69) is 16.0 Å². The molecule has 2 heterocycles. The van der Waals surface area contributed by atoms with Gasteiger partial charge < -0.3 is 20.1 Å². The number of anilines is 3. The van der Waals surface area contributed by atoms with Crippen LogP contribution in [0.3, 0.4) is 0 Å². The number of hydrogen-bond acceptors (Lipinski definition) is 7. The van der Waals surface area contributed by atoms with Crippen molar-refractivity contribution in [3.05, 3.63) is 77.2 Å². The minimum atomic E-state index is 0.312. The Labute approximate surface area is 203 Å². The lowest BCUT2D eigenvalue weighted by molar-refractivity contribution is 0.301. The lowest BCUT2D eigenvalue weighted by Crippen LogP contribution is -2.18. The predicted octanol–water partition coefficient (Wildman–Crippen LogP) is 5.87. The van der Waals surface area contributed by atoms with E-state index in [0.29, 0.717) is 58.7 Å². The number of nitrogens with zero attached hydrogens (tertiary/aromatic N) is 4. The molecule has 0 radical (unpaired) electrons. The molecule has 0 fully saturated rings. The summed E-state index contributed by atoms with van der Waals surface area (Å²) in [6, 6.07) is 17.1. The average Bonchev–Trinajstić information content (AvgIpc) is 2.85. The van der Waals surface area contributed by atoms with E-state index in [1.807, 2.05) is 55.1 Å². The third kappa shape index (κ3) is 4.68. The molecule has 0 saturated carbocycles. The van der Waals surface area contributed by atoms with Crippen molar-refractivity contribution in [1.29, 1.82) is 5.26 Å². The summed E-state index contributed by atoms with van der Waals surface area (Å²) in [6.45, 7) is 5.29. The molecule has 0 aliphatic rings. The molecule has 0 bridgehead atoms. The van der Waals surface area contributed by atoms with Crippen molar-refractivity contribution < 1.29 is 9.47 Å². The fourth-order valence-electron chi connectivity index (χ4n) is 3.76. The maximum Gasteiger partial charge on any atom is 0.144 e. The fraction of sp³-hybridized carbons (Fsp3) is 0.192. The van der Waals surface area contributed by atoms with Gasteiger partial charge >= 0.3 is 0 Å². The van der Waals surface area contributed by atoms with Gasteiger partial charge in [0.15, 0.2) is 0 Å². The van der Waals surface area contributed by atoms with E-state index in [-0.39, 0.29) is 0 Å². The summed E-state index contributed by atoms with van der Waals surface area (Å²) >= 11 is 6.57. The number of nitrogens with two attached hydrogens (primary N) is 1. The Bertz CT molecular complexity index is 1360. The molecule has 0 aliphatic heterocycles. The number of rotatable bonds is 8. The molecule has 0 aliphatic carbocycles. The number of hydrogen-bond donors (Lipinski definition) is 1. The number of benzene rings is 2. The summed E-state index contributed by atoms with van der Waals surface area (Å²) in [5.41, 5.74) is 10.2. The molecule has 0 amide bonds. The van der Waals surface area contributed by atoms with Gasteiger partial charge in [-0.2, -0.15) is 5.26 Å². The zero-order valence-electron chi connectivity index (χ0n) is 19.0. The maximum absolute atomic E-state index is 9.83. The van der Waals surface area contributed by atoms with E-state index < -0.39 is 0 Å².